The summed E-state index contributed by atoms with van der Waals surface area (Å²) in [5.41, 5.74) is 24.3. The number of allylic oxidation sites excluding steroid dienone is 1. The number of nitrogens with two attached hydrogens (primary N) is 1. The van der Waals surface area contributed by atoms with Gasteiger partial charge in [0.25, 0.3) is 0 Å². The molecule has 0 saturated heterocycles. The molecule has 3 nitrogen and oxygen atoms in total. The van der Waals surface area contributed by atoms with E-state index >= 15 is 0 Å². The molecule has 0 amide bonds. The second kappa shape index (κ2) is 15.5. The van der Waals surface area contributed by atoms with Gasteiger partial charge < -0.3 is 10.3 Å². The zero-order valence-electron chi connectivity index (χ0n) is 34.2. The maximum Gasteiger partial charge on any atom is 0.0713 e. The number of hydrogen-bond acceptors (Lipinski definition) is 2. The van der Waals surface area contributed by atoms with Crippen molar-refractivity contribution in [1.29, 1.82) is 0 Å². The van der Waals surface area contributed by atoms with Crippen LogP contribution in [0.1, 0.15) is 38.9 Å². The number of aromatic nitrogens is 1. The number of aliphatic imine (C=N–C) groups is 1. The smallest absolute Gasteiger partial charge is 0.0713 e. The Balaban J connectivity index is 1.06. The standard InChI is InChI=1S/C59H43N3/c60-53(43-22-7-2-8-23-43)39-54(45-25-18-24-44(38-45)42-20-5-1-6-21-42)61-40-41-19-17-30-48(37-41)62-55-34-16-14-32-50(55)58-56(62)36-35-52-57(58)49-31-13-15-33-51(49)59(52,46-26-9-3-10-27-46)47-28-11-4-12-29-47/h1-39H,40,60H2. The predicted octanol–water partition coefficient (Wildman–Crippen LogP) is 13.8. The van der Waals surface area contributed by atoms with E-state index in [4.69, 9.17) is 10.7 Å². The van der Waals surface area contributed by atoms with Crippen LogP contribution in [0, 0.1) is 0 Å². The Morgan fingerprint density at radius 3 is 1.87 bits per heavy atom. The number of benzene rings is 9. The van der Waals surface area contributed by atoms with Gasteiger partial charge in [-0.2, -0.15) is 0 Å². The van der Waals surface area contributed by atoms with Crippen molar-refractivity contribution in [3.05, 3.63) is 276 Å². The monoisotopic (exact) mass is 793 g/mol. The molecular weight excluding hydrogens is 751 g/mol. The summed E-state index contributed by atoms with van der Waals surface area (Å²) in [6.07, 6.45) is 2.01. The van der Waals surface area contributed by atoms with Crippen LogP contribution < -0.4 is 5.73 Å². The maximum absolute atomic E-state index is 6.77. The highest BCUT2D eigenvalue weighted by Crippen LogP contribution is 2.58. The van der Waals surface area contributed by atoms with Gasteiger partial charge in [0, 0.05) is 27.7 Å². The topological polar surface area (TPSA) is 43.3 Å². The third-order valence-corrected chi connectivity index (χ3v) is 12.5. The number of rotatable bonds is 9. The van der Waals surface area contributed by atoms with Crippen LogP contribution in [0.2, 0.25) is 0 Å². The van der Waals surface area contributed by atoms with E-state index in [0.29, 0.717) is 12.2 Å². The van der Waals surface area contributed by atoms with Gasteiger partial charge in [0.1, 0.15) is 0 Å². The van der Waals surface area contributed by atoms with Crippen molar-refractivity contribution in [3.8, 4) is 27.9 Å². The van der Waals surface area contributed by atoms with Crippen molar-refractivity contribution >= 4 is 33.2 Å². The van der Waals surface area contributed by atoms with E-state index in [1.165, 1.54) is 55.2 Å². The molecule has 1 aliphatic carbocycles. The number of nitrogens with zero attached hydrogens (tertiary/aromatic N) is 2. The van der Waals surface area contributed by atoms with Gasteiger partial charge in [-0.3, -0.25) is 4.99 Å². The lowest BCUT2D eigenvalue weighted by Gasteiger charge is -2.33. The zero-order valence-corrected chi connectivity index (χ0v) is 34.2. The van der Waals surface area contributed by atoms with Gasteiger partial charge >= 0.3 is 0 Å². The van der Waals surface area contributed by atoms with Gasteiger partial charge in [0.2, 0.25) is 0 Å². The van der Waals surface area contributed by atoms with E-state index in [9.17, 15) is 0 Å². The Labute approximate surface area is 362 Å². The Bertz CT molecular complexity index is 3270. The van der Waals surface area contributed by atoms with Crippen LogP contribution in [0.5, 0.6) is 0 Å². The molecule has 1 aliphatic rings. The van der Waals surface area contributed by atoms with Gasteiger partial charge in [0.05, 0.1) is 28.7 Å². The van der Waals surface area contributed by atoms with Crippen LogP contribution in [0.15, 0.2) is 242 Å². The van der Waals surface area contributed by atoms with Crippen molar-refractivity contribution in [2.24, 2.45) is 10.7 Å². The highest BCUT2D eigenvalue weighted by Gasteiger charge is 2.47. The first-order valence-electron chi connectivity index (χ1n) is 21.3. The molecule has 1 heterocycles. The highest BCUT2D eigenvalue weighted by molar-refractivity contribution is 6.18. The molecule has 294 valence electrons. The fraction of sp³-hybridized carbons (Fsp3) is 0.0339. The molecule has 62 heavy (non-hydrogen) atoms. The summed E-state index contributed by atoms with van der Waals surface area (Å²) in [5, 5.41) is 2.50. The van der Waals surface area contributed by atoms with Gasteiger partial charge in [0.15, 0.2) is 0 Å². The Hall–Kier alpha value is -8.01. The van der Waals surface area contributed by atoms with Gasteiger partial charge in [-0.1, -0.05) is 200 Å². The van der Waals surface area contributed by atoms with Crippen molar-refractivity contribution in [2.75, 3.05) is 0 Å². The van der Waals surface area contributed by atoms with Crippen LogP contribution in [-0.4, -0.2) is 10.3 Å². The molecule has 0 spiro atoms. The van der Waals surface area contributed by atoms with Gasteiger partial charge in [-0.15, -0.1) is 0 Å². The first-order chi connectivity index (χ1) is 30.7. The minimum atomic E-state index is -0.472. The number of fused-ring (bicyclic) bond motifs is 7. The average Bonchev–Trinajstić information content (AvgIpc) is 3.85. The molecule has 0 fully saturated rings. The summed E-state index contributed by atoms with van der Waals surface area (Å²) in [5.74, 6) is 0. The van der Waals surface area contributed by atoms with Gasteiger partial charge in [-0.05, 0) is 92.0 Å². The van der Waals surface area contributed by atoms with Gasteiger partial charge in [-0.25, -0.2) is 0 Å². The second-order valence-electron chi connectivity index (χ2n) is 16.0. The first-order valence-corrected chi connectivity index (χ1v) is 21.3. The molecule has 0 aliphatic heterocycles. The molecule has 3 heteroatoms. The summed E-state index contributed by atoms with van der Waals surface area (Å²) >= 11 is 0. The van der Waals surface area contributed by atoms with E-state index in [0.717, 1.165) is 39.2 Å². The quantitative estimate of drug-likeness (QED) is 0.145. The van der Waals surface area contributed by atoms with Crippen molar-refractivity contribution in [3.63, 3.8) is 0 Å². The first kappa shape index (κ1) is 37.0. The van der Waals surface area contributed by atoms with Crippen LogP contribution in [0.3, 0.4) is 0 Å². The fourth-order valence-electron chi connectivity index (χ4n) is 9.81. The van der Waals surface area contributed by atoms with Crippen LogP contribution in [-0.2, 0) is 12.0 Å². The molecule has 1 aromatic heterocycles. The summed E-state index contributed by atoms with van der Waals surface area (Å²) < 4.78 is 2.43. The van der Waals surface area contributed by atoms with E-state index < -0.39 is 5.41 Å². The molecule has 11 rings (SSSR count). The average molecular weight is 794 g/mol. The van der Waals surface area contributed by atoms with Crippen molar-refractivity contribution in [2.45, 2.75) is 12.0 Å². The second-order valence-corrected chi connectivity index (χ2v) is 16.0. The molecule has 2 N–H and O–H groups in total. The summed E-state index contributed by atoms with van der Waals surface area (Å²) in [6.45, 7) is 0.480. The summed E-state index contributed by atoms with van der Waals surface area (Å²) in [7, 11) is 0. The lowest BCUT2D eigenvalue weighted by atomic mass is 9.67. The van der Waals surface area contributed by atoms with Crippen molar-refractivity contribution in [1.82, 2.24) is 4.57 Å². The third kappa shape index (κ3) is 6.17. The third-order valence-electron chi connectivity index (χ3n) is 12.5. The highest BCUT2D eigenvalue weighted by atomic mass is 15.0. The molecule has 0 bridgehead atoms. The lowest BCUT2D eigenvalue weighted by molar-refractivity contribution is 0.769. The van der Waals surface area contributed by atoms with Crippen LogP contribution in [0.25, 0.3) is 55.4 Å². The largest absolute Gasteiger partial charge is 0.398 e. The number of hydrogen-bond donors (Lipinski definition) is 1. The minimum Gasteiger partial charge on any atom is -0.398 e. The normalized spacial score (nSPS) is 13.3. The van der Waals surface area contributed by atoms with Crippen LogP contribution in [0.4, 0.5) is 0 Å². The Morgan fingerprint density at radius 1 is 0.500 bits per heavy atom. The molecule has 10 aromatic rings. The summed E-state index contributed by atoms with van der Waals surface area (Å²) in [4.78, 5) is 5.31. The molecule has 0 unspecified atom stereocenters. The predicted molar refractivity (Wildman–Crippen MR) is 259 cm³/mol. The zero-order chi connectivity index (χ0) is 41.5. The minimum absolute atomic E-state index is 0.472. The van der Waals surface area contributed by atoms with Crippen molar-refractivity contribution < 1.29 is 0 Å². The molecular formula is C59H43N3. The summed E-state index contributed by atoms with van der Waals surface area (Å²) in [6, 6.07) is 82.7. The fourth-order valence-corrected chi connectivity index (χ4v) is 9.81. The maximum atomic E-state index is 6.77. The Morgan fingerprint density at radius 2 is 1.11 bits per heavy atom. The molecule has 9 aromatic carbocycles. The van der Waals surface area contributed by atoms with E-state index in [1.807, 2.05) is 42.5 Å². The lowest BCUT2D eigenvalue weighted by Crippen LogP contribution is -2.28. The van der Waals surface area contributed by atoms with E-state index in [1.54, 1.807) is 0 Å². The SMILES string of the molecule is NC(=CC(=NCc1cccc(-n2c3ccccc3c3c4c(ccc32)C(c2ccccc2)(c2ccccc2)c2ccccc2-4)c1)c1cccc(-c2ccccc2)c1)c1ccccc1. The number of para-hydroxylation sites is 1. The van der Waals surface area contributed by atoms with E-state index in [2.05, 4.69) is 199 Å². The van der Waals surface area contributed by atoms with E-state index in [-0.39, 0.29) is 0 Å². The molecule has 0 saturated carbocycles. The molecule has 0 radical (unpaired) electrons. The van der Waals surface area contributed by atoms with Crippen LogP contribution >= 0.6 is 0 Å². The molecule has 0 atom stereocenters. The Kier molecular flexibility index (Phi) is 9.28.